The Bertz CT molecular complexity index is 281. The van der Waals surface area contributed by atoms with Gasteiger partial charge in [0, 0.05) is 24.3 Å². The molecular formula is C12H21N3. The average Bonchev–Trinajstić information content (AvgIpc) is 2.73. The molecule has 3 unspecified atom stereocenters. The lowest BCUT2D eigenvalue weighted by atomic mass is 9.79. The number of rotatable bonds is 3. The first kappa shape index (κ1) is 10.7. The summed E-state index contributed by atoms with van der Waals surface area (Å²) < 4.78 is 0. The van der Waals surface area contributed by atoms with Crippen molar-refractivity contribution in [2.24, 2.45) is 11.8 Å². The lowest BCUT2D eigenvalue weighted by Gasteiger charge is -2.32. The van der Waals surface area contributed by atoms with Gasteiger partial charge in [-0.1, -0.05) is 13.8 Å². The Labute approximate surface area is 91.7 Å². The van der Waals surface area contributed by atoms with Gasteiger partial charge in [-0.2, -0.15) is 5.10 Å². The van der Waals surface area contributed by atoms with Gasteiger partial charge in [0.15, 0.2) is 0 Å². The number of hydrogen-bond acceptors (Lipinski definition) is 2. The Morgan fingerprint density at radius 1 is 1.40 bits per heavy atom. The molecule has 1 aromatic rings. The summed E-state index contributed by atoms with van der Waals surface area (Å²) >= 11 is 0. The predicted octanol–water partition coefficient (Wildman–Crippen LogP) is 2.32. The summed E-state index contributed by atoms with van der Waals surface area (Å²) in [5.41, 5.74) is 1.25. The normalized spacial score (nSPS) is 31.7. The van der Waals surface area contributed by atoms with Crippen molar-refractivity contribution in [2.75, 3.05) is 0 Å². The van der Waals surface area contributed by atoms with Crippen molar-refractivity contribution in [2.45, 2.75) is 45.7 Å². The van der Waals surface area contributed by atoms with Crippen LogP contribution >= 0.6 is 0 Å². The van der Waals surface area contributed by atoms with E-state index >= 15 is 0 Å². The molecule has 1 saturated carbocycles. The number of aromatic amines is 1. The summed E-state index contributed by atoms with van der Waals surface area (Å²) in [6.07, 6.45) is 7.86. The zero-order valence-electron chi connectivity index (χ0n) is 9.66. The molecule has 15 heavy (non-hydrogen) atoms. The fourth-order valence-corrected chi connectivity index (χ4v) is 2.37. The van der Waals surface area contributed by atoms with E-state index in [0.717, 1.165) is 18.4 Å². The third kappa shape index (κ3) is 2.81. The molecule has 0 aromatic carbocycles. The molecule has 2 rings (SSSR count). The highest BCUT2D eigenvalue weighted by Crippen LogP contribution is 2.29. The minimum absolute atomic E-state index is 0.700. The molecule has 0 aliphatic heterocycles. The third-order valence-corrected chi connectivity index (χ3v) is 3.75. The maximum absolute atomic E-state index is 3.95. The topological polar surface area (TPSA) is 40.7 Å². The minimum Gasteiger partial charge on any atom is -0.310 e. The van der Waals surface area contributed by atoms with E-state index in [1.165, 1.54) is 24.8 Å². The summed E-state index contributed by atoms with van der Waals surface area (Å²) in [5, 5.41) is 10.4. The van der Waals surface area contributed by atoms with Crippen molar-refractivity contribution in [3.63, 3.8) is 0 Å². The maximum Gasteiger partial charge on any atom is 0.0532 e. The fraction of sp³-hybridized carbons (Fsp3) is 0.750. The lowest BCUT2D eigenvalue weighted by Crippen LogP contribution is -2.35. The highest BCUT2D eigenvalue weighted by molar-refractivity contribution is 5.02. The van der Waals surface area contributed by atoms with Gasteiger partial charge in [-0.15, -0.1) is 0 Å². The van der Waals surface area contributed by atoms with Gasteiger partial charge in [-0.05, 0) is 31.1 Å². The van der Waals surface area contributed by atoms with Crippen molar-refractivity contribution in [3.8, 4) is 0 Å². The van der Waals surface area contributed by atoms with Crippen LogP contribution in [0.4, 0.5) is 0 Å². The molecule has 84 valence electrons. The van der Waals surface area contributed by atoms with E-state index in [1.807, 2.05) is 12.4 Å². The SMILES string of the molecule is CC1CCC(NCc2cn[nH]c2)CC1C. The summed E-state index contributed by atoms with van der Waals surface area (Å²) in [6, 6.07) is 0.700. The monoisotopic (exact) mass is 207 g/mol. The summed E-state index contributed by atoms with van der Waals surface area (Å²) in [7, 11) is 0. The minimum atomic E-state index is 0.700. The third-order valence-electron chi connectivity index (χ3n) is 3.75. The Morgan fingerprint density at radius 2 is 2.27 bits per heavy atom. The number of nitrogens with zero attached hydrogens (tertiary/aromatic N) is 1. The largest absolute Gasteiger partial charge is 0.310 e. The maximum atomic E-state index is 3.95. The molecule has 0 bridgehead atoms. The number of aromatic nitrogens is 2. The van der Waals surface area contributed by atoms with Crippen molar-refractivity contribution in [1.29, 1.82) is 0 Å². The number of nitrogens with one attached hydrogen (secondary N) is 2. The molecule has 0 saturated heterocycles. The Hall–Kier alpha value is -0.830. The van der Waals surface area contributed by atoms with Crippen LogP contribution in [0, 0.1) is 11.8 Å². The van der Waals surface area contributed by atoms with E-state index in [0.29, 0.717) is 6.04 Å². The first-order valence-electron chi connectivity index (χ1n) is 5.96. The van der Waals surface area contributed by atoms with Crippen LogP contribution in [0.2, 0.25) is 0 Å². The smallest absolute Gasteiger partial charge is 0.0532 e. The van der Waals surface area contributed by atoms with Gasteiger partial charge >= 0.3 is 0 Å². The van der Waals surface area contributed by atoms with Gasteiger partial charge in [-0.25, -0.2) is 0 Å². The molecule has 1 heterocycles. The molecule has 0 amide bonds. The molecule has 1 aromatic heterocycles. The van der Waals surface area contributed by atoms with Crippen LogP contribution in [-0.4, -0.2) is 16.2 Å². The van der Waals surface area contributed by atoms with E-state index < -0.39 is 0 Å². The molecule has 1 aliphatic carbocycles. The predicted molar refractivity (Wildman–Crippen MR) is 61.4 cm³/mol. The first-order chi connectivity index (χ1) is 7.25. The van der Waals surface area contributed by atoms with Gasteiger partial charge < -0.3 is 5.32 Å². The zero-order chi connectivity index (χ0) is 10.7. The van der Waals surface area contributed by atoms with Crippen LogP contribution in [0.1, 0.15) is 38.7 Å². The average molecular weight is 207 g/mol. The van der Waals surface area contributed by atoms with Crippen LogP contribution in [0.15, 0.2) is 12.4 Å². The quantitative estimate of drug-likeness (QED) is 0.798. The van der Waals surface area contributed by atoms with Crippen molar-refractivity contribution in [3.05, 3.63) is 18.0 Å². The molecule has 0 spiro atoms. The molecule has 3 nitrogen and oxygen atoms in total. The van der Waals surface area contributed by atoms with Crippen LogP contribution in [0.3, 0.4) is 0 Å². The van der Waals surface area contributed by atoms with Gasteiger partial charge in [0.25, 0.3) is 0 Å². The second-order valence-corrected chi connectivity index (χ2v) is 4.95. The standard InChI is InChI=1S/C12H21N3/c1-9-3-4-12(5-10(9)2)13-6-11-7-14-15-8-11/h7-10,12-13H,3-6H2,1-2H3,(H,14,15). The molecule has 1 aliphatic rings. The van der Waals surface area contributed by atoms with E-state index in [9.17, 15) is 0 Å². The molecule has 1 fully saturated rings. The summed E-state index contributed by atoms with van der Waals surface area (Å²) in [6.45, 7) is 5.69. The Morgan fingerprint density at radius 3 is 2.93 bits per heavy atom. The first-order valence-corrected chi connectivity index (χ1v) is 5.96. The van der Waals surface area contributed by atoms with Crippen LogP contribution in [0.25, 0.3) is 0 Å². The van der Waals surface area contributed by atoms with Gasteiger partial charge in [0.1, 0.15) is 0 Å². The number of hydrogen-bond donors (Lipinski definition) is 2. The molecule has 3 heteroatoms. The van der Waals surface area contributed by atoms with Crippen LogP contribution in [-0.2, 0) is 6.54 Å². The highest BCUT2D eigenvalue weighted by Gasteiger charge is 2.23. The van der Waals surface area contributed by atoms with E-state index in [-0.39, 0.29) is 0 Å². The zero-order valence-corrected chi connectivity index (χ0v) is 9.66. The second kappa shape index (κ2) is 4.79. The van der Waals surface area contributed by atoms with Crippen LogP contribution in [0.5, 0.6) is 0 Å². The van der Waals surface area contributed by atoms with Gasteiger partial charge in [0.05, 0.1) is 6.20 Å². The van der Waals surface area contributed by atoms with E-state index in [4.69, 9.17) is 0 Å². The van der Waals surface area contributed by atoms with E-state index in [2.05, 4.69) is 29.4 Å². The fourth-order valence-electron chi connectivity index (χ4n) is 2.37. The molecule has 3 atom stereocenters. The highest BCUT2D eigenvalue weighted by atomic mass is 15.1. The summed E-state index contributed by atoms with van der Waals surface area (Å²) in [5.74, 6) is 1.76. The van der Waals surface area contributed by atoms with Gasteiger partial charge in [0.2, 0.25) is 0 Å². The van der Waals surface area contributed by atoms with E-state index in [1.54, 1.807) is 0 Å². The van der Waals surface area contributed by atoms with Crippen molar-refractivity contribution in [1.82, 2.24) is 15.5 Å². The second-order valence-electron chi connectivity index (χ2n) is 4.95. The lowest BCUT2D eigenvalue weighted by molar-refractivity contribution is 0.225. The van der Waals surface area contributed by atoms with Crippen LogP contribution < -0.4 is 5.32 Å². The number of H-pyrrole nitrogens is 1. The Kier molecular flexibility index (Phi) is 3.41. The van der Waals surface area contributed by atoms with Crippen molar-refractivity contribution < 1.29 is 0 Å². The van der Waals surface area contributed by atoms with Crippen molar-refractivity contribution >= 4 is 0 Å². The summed E-state index contributed by atoms with van der Waals surface area (Å²) in [4.78, 5) is 0. The molecular weight excluding hydrogens is 186 g/mol. The Balaban J connectivity index is 1.76. The molecule has 2 N–H and O–H groups in total. The molecule has 0 radical (unpaired) electrons. The van der Waals surface area contributed by atoms with Gasteiger partial charge in [-0.3, -0.25) is 5.10 Å².